The maximum atomic E-state index is 13.0. The highest BCUT2D eigenvalue weighted by Crippen LogP contribution is 2.38. The molecule has 1 saturated heterocycles. The molecule has 0 radical (unpaired) electrons. The van der Waals surface area contributed by atoms with Crippen molar-refractivity contribution >= 4 is 46.5 Å². The molecule has 40 heavy (non-hydrogen) atoms. The Balaban J connectivity index is 1.37. The van der Waals surface area contributed by atoms with Gasteiger partial charge in [-0.05, 0) is 43.9 Å². The predicted octanol–water partition coefficient (Wildman–Crippen LogP) is 3.79. The summed E-state index contributed by atoms with van der Waals surface area (Å²) in [6.45, 7) is 5.33. The smallest absolute Gasteiger partial charge is 0.231 e. The number of piperidine rings is 1. The van der Waals surface area contributed by atoms with Gasteiger partial charge in [0.1, 0.15) is 11.4 Å². The third-order valence-corrected chi connectivity index (χ3v) is 8.40. The molecule has 2 aromatic rings. The van der Waals surface area contributed by atoms with Gasteiger partial charge in [-0.15, -0.1) is 0 Å². The summed E-state index contributed by atoms with van der Waals surface area (Å²) in [5.41, 5.74) is 1.95. The van der Waals surface area contributed by atoms with E-state index in [-0.39, 0.29) is 29.6 Å². The van der Waals surface area contributed by atoms with E-state index < -0.39 is 0 Å². The van der Waals surface area contributed by atoms with Gasteiger partial charge in [-0.2, -0.15) is 4.98 Å². The molecule has 11 nitrogen and oxygen atoms in total. The number of methoxy groups -OCH3 is 1. The zero-order valence-corrected chi connectivity index (χ0v) is 23.8. The molecular formula is C29H39N7O4. The minimum absolute atomic E-state index is 0.0452. The number of carbonyl (C=O) groups is 3. The number of fused-ring (bicyclic) bond motifs is 1. The SMILES string of the molecule is COc1ccc(NC(=O)C2CCN(C(C)=O)CC2)cc1Nc1ncc2c(n1)N(C1CCCC1)CC(C)C(=O)N2C. The highest BCUT2D eigenvalue weighted by molar-refractivity contribution is 5.99. The number of likely N-dealkylation sites (tertiary alicyclic amines) is 1. The topological polar surface area (TPSA) is 120 Å². The normalized spacial score (nSPS) is 20.2. The molecule has 3 amide bonds. The number of hydrogen-bond donors (Lipinski definition) is 2. The van der Waals surface area contributed by atoms with Crippen LogP contribution in [0.1, 0.15) is 52.4 Å². The first-order chi connectivity index (χ1) is 19.2. The molecule has 1 unspecified atom stereocenters. The Morgan fingerprint density at radius 3 is 2.50 bits per heavy atom. The number of ether oxygens (including phenoxy) is 1. The fraction of sp³-hybridized carbons (Fsp3) is 0.552. The molecule has 5 rings (SSSR count). The number of rotatable bonds is 6. The lowest BCUT2D eigenvalue weighted by atomic mass is 9.96. The molecule has 1 aromatic heterocycles. The second-order valence-corrected chi connectivity index (χ2v) is 11.1. The fourth-order valence-corrected chi connectivity index (χ4v) is 6.03. The Kier molecular flexibility index (Phi) is 8.09. The second-order valence-electron chi connectivity index (χ2n) is 11.1. The van der Waals surface area contributed by atoms with Crippen LogP contribution in [0.3, 0.4) is 0 Å². The van der Waals surface area contributed by atoms with E-state index in [1.807, 2.05) is 13.0 Å². The molecule has 11 heteroatoms. The van der Waals surface area contributed by atoms with E-state index in [0.29, 0.717) is 67.3 Å². The number of nitrogens with one attached hydrogen (secondary N) is 2. The van der Waals surface area contributed by atoms with Crippen molar-refractivity contribution in [2.75, 3.05) is 54.2 Å². The number of aromatic nitrogens is 2. The standard InChI is InChI=1S/C29H39N7O4/c1-18-17-36(22-7-5-6-8-22)26-24(34(3)28(18)39)16-30-29(33-26)32-23-15-21(9-10-25(23)40-4)31-27(38)20-11-13-35(14-12-20)19(2)37/h9-10,15-16,18,20,22H,5-8,11-14,17H2,1-4H3,(H,31,38)(H,30,32,33). The summed E-state index contributed by atoms with van der Waals surface area (Å²) < 4.78 is 5.58. The van der Waals surface area contributed by atoms with Crippen LogP contribution < -0.4 is 25.2 Å². The van der Waals surface area contributed by atoms with Gasteiger partial charge in [-0.25, -0.2) is 4.98 Å². The first-order valence-electron chi connectivity index (χ1n) is 14.2. The van der Waals surface area contributed by atoms with Gasteiger partial charge < -0.3 is 30.1 Å². The minimum Gasteiger partial charge on any atom is -0.495 e. The average Bonchev–Trinajstić information content (AvgIpc) is 3.47. The predicted molar refractivity (Wildman–Crippen MR) is 154 cm³/mol. The van der Waals surface area contributed by atoms with E-state index in [2.05, 4.69) is 20.5 Å². The first kappa shape index (κ1) is 27.7. The van der Waals surface area contributed by atoms with E-state index in [4.69, 9.17) is 9.72 Å². The van der Waals surface area contributed by atoms with E-state index in [0.717, 1.165) is 18.7 Å². The molecule has 1 aliphatic carbocycles. The summed E-state index contributed by atoms with van der Waals surface area (Å²) in [6, 6.07) is 5.74. The minimum atomic E-state index is -0.148. The van der Waals surface area contributed by atoms with Gasteiger partial charge in [0.05, 0.1) is 24.9 Å². The van der Waals surface area contributed by atoms with Crippen LogP contribution in [0.5, 0.6) is 5.75 Å². The van der Waals surface area contributed by atoms with Crippen molar-refractivity contribution in [3.8, 4) is 5.75 Å². The average molecular weight is 550 g/mol. The highest BCUT2D eigenvalue weighted by atomic mass is 16.5. The first-order valence-corrected chi connectivity index (χ1v) is 14.2. The van der Waals surface area contributed by atoms with Gasteiger partial charge in [0.2, 0.25) is 23.7 Å². The number of benzene rings is 1. The van der Waals surface area contributed by atoms with Crippen LogP contribution in [-0.4, -0.2) is 72.4 Å². The van der Waals surface area contributed by atoms with Gasteiger partial charge in [0.15, 0.2) is 5.82 Å². The lowest BCUT2D eigenvalue weighted by molar-refractivity contribution is -0.132. The number of amides is 3. The van der Waals surface area contributed by atoms with Crippen molar-refractivity contribution in [3.63, 3.8) is 0 Å². The zero-order valence-electron chi connectivity index (χ0n) is 23.8. The van der Waals surface area contributed by atoms with Crippen molar-refractivity contribution in [3.05, 3.63) is 24.4 Å². The Bertz CT molecular complexity index is 1270. The number of carbonyl (C=O) groups excluding carboxylic acids is 3. The van der Waals surface area contributed by atoms with Gasteiger partial charge in [0, 0.05) is 51.3 Å². The molecule has 2 aliphatic heterocycles. The number of anilines is 5. The van der Waals surface area contributed by atoms with Gasteiger partial charge in [-0.3, -0.25) is 14.4 Å². The van der Waals surface area contributed by atoms with Crippen LogP contribution in [0, 0.1) is 11.8 Å². The molecule has 1 aromatic carbocycles. The third-order valence-electron chi connectivity index (χ3n) is 8.40. The Morgan fingerprint density at radius 2 is 1.82 bits per heavy atom. The zero-order chi connectivity index (χ0) is 28.4. The fourth-order valence-electron chi connectivity index (χ4n) is 6.03. The van der Waals surface area contributed by atoms with Gasteiger partial charge >= 0.3 is 0 Å². The Morgan fingerprint density at radius 1 is 1.10 bits per heavy atom. The highest BCUT2D eigenvalue weighted by Gasteiger charge is 2.35. The van der Waals surface area contributed by atoms with Crippen LogP contribution in [0.25, 0.3) is 0 Å². The quantitative estimate of drug-likeness (QED) is 0.559. The Hall–Kier alpha value is -3.89. The second kappa shape index (κ2) is 11.7. The molecular weight excluding hydrogens is 510 g/mol. The molecule has 1 atom stereocenters. The third kappa shape index (κ3) is 5.68. The summed E-state index contributed by atoms with van der Waals surface area (Å²) in [5.74, 6) is 1.47. The molecule has 0 spiro atoms. The molecule has 214 valence electrons. The molecule has 1 saturated carbocycles. The summed E-state index contributed by atoms with van der Waals surface area (Å²) in [7, 11) is 3.37. The summed E-state index contributed by atoms with van der Waals surface area (Å²) in [6.07, 6.45) is 7.51. The summed E-state index contributed by atoms with van der Waals surface area (Å²) in [5, 5.41) is 6.30. The molecule has 2 fully saturated rings. The monoisotopic (exact) mass is 549 g/mol. The maximum Gasteiger partial charge on any atom is 0.231 e. The van der Waals surface area contributed by atoms with Crippen molar-refractivity contribution in [1.82, 2.24) is 14.9 Å². The molecule has 3 heterocycles. The maximum absolute atomic E-state index is 13.0. The van der Waals surface area contributed by atoms with Crippen LogP contribution >= 0.6 is 0 Å². The molecule has 2 N–H and O–H groups in total. The van der Waals surface area contributed by atoms with E-state index in [1.54, 1.807) is 49.2 Å². The summed E-state index contributed by atoms with van der Waals surface area (Å²) in [4.78, 5) is 52.7. The molecule has 0 bridgehead atoms. The summed E-state index contributed by atoms with van der Waals surface area (Å²) >= 11 is 0. The van der Waals surface area contributed by atoms with Gasteiger partial charge in [-0.1, -0.05) is 19.8 Å². The van der Waals surface area contributed by atoms with Crippen molar-refractivity contribution in [1.29, 1.82) is 0 Å². The lowest BCUT2D eigenvalue weighted by Crippen LogP contribution is -2.40. The van der Waals surface area contributed by atoms with Crippen molar-refractivity contribution < 1.29 is 19.1 Å². The van der Waals surface area contributed by atoms with E-state index in [1.165, 1.54) is 12.8 Å². The van der Waals surface area contributed by atoms with E-state index in [9.17, 15) is 14.4 Å². The van der Waals surface area contributed by atoms with Crippen LogP contribution in [0.4, 0.5) is 28.8 Å². The Labute approximate surface area is 235 Å². The molecule has 3 aliphatic rings. The van der Waals surface area contributed by atoms with Crippen molar-refractivity contribution in [2.45, 2.75) is 58.4 Å². The van der Waals surface area contributed by atoms with Gasteiger partial charge in [0.25, 0.3) is 0 Å². The van der Waals surface area contributed by atoms with Crippen molar-refractivity contribution in [2.24, 2.45) is 11.8 Å². The van der Waals surface area contributed by atoms with Crippen LogP contribution in [0.15, 0.2) is 24.4 Å². The van der Waals surface area contributed by atoms with Crippen LogP contribution in [0.2, 0.25) is 0 Å². The van der Waals surface area contributed by atoms with E-state index >= 15 is 0 Å². The lowest BCUT2D eigenvalue weighted by Gasteiger charge is -2.31. The number of nitrogens with zero attached hydrogens (tertiary/aromatic N) is 5. The largest absolute Gasteiger partial charge is 0.495 e. The number of hydrogen-bond acceptors (Lipinski definition) is 8. The van der Waals surface area contributed by atoms with Crippen LogP contribution in [-0.2, 0) is 14.4 Å².